The molecular formula is C18H27N7O5. The van der Waals surface area contributed by atoms with E-state index in [9.17, 15) is 19.2 Å². The van der Waals surface area contributed by atoms with Crippen LogP contribution in [-0.4, -0.2) is 49.5 Å². The molecule has 1 rings (SSSR count). The zero-order chi connectivity index (χ0) is 22.2. The van der Waals surface area contributed by atoms with Gasteiger partial charge in [-0.15, -0.1) is 0 Å². The van der Waals surface area contributed by atoms with Crippen LogP contribution in [0.5, 0.6) is 0 Å². The van der Waals surface area contributed by atoms with E-state index in [2.05, 4.69) is 26.3 Å². The molecule has 0 fully saturated rings. The Labute approximate surface area is 173 Å². The molecule has 1 atom stereocenters. The highest BCUT2D eigenvalue weighted by Crippen LogP contribution is 2.02. The number of rotatable bonds is 13. The highest BCUT2D eigenvalue weighted by atomic mass is 16.5. The van der Waals surface area contributed by atoms with E-state index in [1.165, 1.54) is 0 Å². The van der Waals surface area contributed by atoms with E-state index in [4.69, 9.17) is 16.3 Å². The standard InChI is InChI=1S/C18H27N7O5/c19-15(26)8-7-14(24-18(29)30-12-13-5-2-1-3-6-13)17(28)22-11-16(27)21-9-4-10-23-25-20/h1-3,5-6,14H,4,7-12H2,(H2,19,26)(H2,20,23)(H,21,27)(H,22,28)(H,24,29). The maximum Gasteiger partial charge on any atom is 0.408 e. The van der Waals surface area contributed by atoms with Crippen LogP contribution in [-0.2, 0) is 25.7 Å². The monoisotopic (exact) mass is 421 g/mol. The van der Waals surface area contributed by atoms with Crippen LogP contribution in [0.15, 0.2) is 40.7 Å². The molecule has 0 aliphatic heterocycles. The van der Waals surface area contributed by atoms with Crippen molar-refractivity contribution in [3.8, 4) is 0 Å². The van der Waals surface area contributed by atoms with Crippen molar-refractivity contribution in [2.24, 2.45) is 21.9 Å². The second-order valence-electron chi connectivity index (χ2n) is 6.17. The number of nitrogens with two attached hydrogens (primary N) is 2. The van der Waals surface area contributed by atoms with Gasteiger partial charge in [0.05, 0.1) is 13.1 Å². The summed E-state index contributed by atoms with van der Waals surface area (Å²) in [5.74, 6) is 3.17. The maximum absolute atomic E-state index is 12.3. The first-order valence-corrected chi connectivity index (χ1v) is 9.29. The van der Waals surface area contributed by atoms with Crippen molar-refractivity contribution in [3.05, 3.63) is 35.9 Å². The lowest BCUT2D eigenvalue weighted by molar-refractivity contribution is -0.127. The number of hydrogen-bond acceptors (Lipinski definition) is 7. The molecule has 1 unspecified atom stereocenters. The van der Waals surface area contributed by atoms with E-state index in [0.29, 0.717) is 19.5 Å². The van der Waals surface area contributed by atoms with E-state index >= 15 is 0 Å². The molecule has 12 heteroatoms. The Morgan fingerprint density at radius 3 is 2.50 bits per heavy atom. The number of carbonyl (C=O) groups is 4. The third-order valence-corrected chi connectivity index (χ3v) is 3.76. The number of benzene rings is 1. The summed E-state index contributed by atoms with van der Waals surface area (Å²) in [6.07, 6.45) is -0.454. The summed E-state index contributed by atoms with van der Waals surface area (Å²) in [5.41, 5.74) is 5.89. The molecule has 0 heterocycles. The summed E-state index contributed by atoms with van der Waals surface area (Å²) in [6, 6.07) is 7.90. The molecule has 30 heavy (non-hydrogen) atoms. The number of primary amides is 1. The van der Waals surface area contributed by atoms with Crippen LogP contribution < -0.4 is 27.5 Å². The summed E-state index contributed by atoms with van der Waals surface area (Å²) in [7, 11) is 0. The lowest BCUT2D eigenvalue weighted by Gasteiger charge is -2.18. The van der Waals surface area contributed by atoms with E-state index in [0.717, 1.165) is 5.56 Å². The van der Waals surface area contributed by atoms with E-state index in [1.54, 1.807) is 24.3 Å². The lowest BCUT2D eigenvalue weighted by atomic mass is 10.1. The van der Waals surface area contributed by atoms with Crippen molar-refractivity contribution in [2.45, 2.75) is 31.9 Å². The minimum absolute atomic E-state index is 0.0168. The van der Waals surface area contributed by atoms with Crippen molar-refractivity contribution in [2.75, 3.05) is 19.6 Å². The number of nitrogens with zero attached hydrogens (tertiary/aromatic N) is 2. The maximum atomic E-state index is 12.3. The quantitative estimate of drug-likeness (QED) is 0.123. The number of hydrogen-bond donors (Lipinski definition) is 5. The second kappa shape index (κ2) is 14.3. The average Bonchev–Trinajstić information content (AvgIpc) is 2.74. The fourth-order valence-electron chi connectivity index (χ4n) is 2.25. The zero-order valence-corrected chi connectivity index (χ0v) is 16.5. The molecule has 7 N–H and O–H groups in total. The van der Waals surface area contributed by atoms with Gasteiger partial charge in [-0.1, -0.05) is 35.6 Å². The van der Waals surface area contributed by atoms with Gasteiger partial charge >= 0.3 is 6.09 Å². The van der Waals surface area contributed by atoms with Gasteiger partial charge in [-0.2, -0.15) is 5.11 Å². The van der Waals surface area contributed by atoms with Gasteiger partial charge in [0.15, 0.2) is 0 Å². The smallest absolute Gasteiger partial charge is 0.408 e. The highest BCUT2D eigenvalue weighted by Gasteiger charge is 2.22. The minimum atomic E-state index is -1.08. The number of alkyl carbamates (subject to hydrolysis) is 1. The minimum Gasteiger partial charge on any atom is -0.445 e. The van der Waals surface area contributed by atoms with Gasteiger partial charge in [-0.25, -0.2) is 4.79 Å². The molecule has 0 aromatic heterocycles. The van der Waals surface area contributed by atoms with Gasteiger partial charge < -0.3 is 32.3 Å². The Kier molecular flexibility index (Phi) is 11.6. The number of nitrogens with one attached hydrogen (secondary N) is 3. The van der Waals surface area contributed by atoms with Crippen molar-refractivity contribution in [1.29, 1.82) is 0 Å². The van der Waals surface area contributed by atoms with Crippen molar-refractivity contribution in [1.82, 2.24) is 16.0 Å². The van der Waals surface area contributed by atoms with E-state index in [1.807, 2.05) is 6.07 Å². The molecule has 4 amide bonds. The average molecular weight is 421 g/mol. The van der Waals surface area contributed by atoms with Crippen molar-refractivity contribution < 1.29 is 23.9 Å². The number of ether oxygens (including phenoxy) is 1. The summed E-state index contributed by atoms with van der Waals surface area (Å²) >= 11 is 0. The molecule has 164 valence electrons. The molecule has 0 spiro atoms. The summed E-state index contributed by atoms with van der Waals surface area (Å²) in [6.45, 7) is 0.421. The van der Waals surface area contributed by atoms with Gasteiger partial charge in [0.2, 0.25) is 17.7 Å². The third-order valence-electron chi connectivity index (χ3n) is 3.76. The molecular weight excluding hydrogens is 394 g/mol. The Morgan fingerprint density at radius 2 is 1.83 bits per heavy atom. The van der Waals surface area contributed by atoms with E-state index < -0.39 is 29.9 Å². The normalized spacial score (nSPS) is 11.5. The van der Waals surface area contributed by atoms with Crippen LogP contribution >= 0.6 is 0 Å². The second-order valence-corrected chi connectivity index (χ2v) is 6.17. The molecule has 1 aromatic carbocycles. The van der Waals surface area contributed by atoms with Gasteiger partial charge in [-0.05, 0) is 18.4 Å². The van der Waals surface area contributed by atoms with Crippen LogP contribution in [0.4, 0.5) is 4.79 Å². The Balaban J connectivity index is 2.46. The SMILES string of the molecule is NN=NCCCNC(=O)CNC(=O)C(CCC(N)=O)NC(=O)OCc1ccccc1. The van der Waals surface area contributed by atoms with Gasteiger partial charge in [-0.3, -0.25) is 14.4 Å². The molecule has 0 aliphatic rings. The number of carbonyl (C=O) groups excluding carboxylic acids is 4. The molecule has 0 bridgehead atoms. The predicted octanol–water partition coefficient (Wildman–Crippen LogP) is -0.505. The van der Waals surface area contributed by atoms with Crippen LogP contribution in [0.1, 0.15) is 24.8 Å². The third kappa shape index (κ3) is 11.2. The molecule has 0 saturated carbocycles. The fraction of sp³-hybridized carbons (Fsp3) is 0.444. The van der Waals surface area contributed by atoms with Crippen LogP contribution in [0, 0.1) is 0 Å². The van der Waals surface area contributed by atoms with Crippen LogP contribution in [0.25, 0.3) is 0 Å². The van der Waals surface area contributed by atoms with E-state index in [-0.39, 0.29) is 26.0 Å². The van der Waals surface area contributed by atoms with Crippen LogP contribution in [0.2, 0.25) is 0 Å². The predicted molar refractivity (Wildman–Crippen MR) is 107 cm³/mol. The molecule has 0 radical (unpaired) electrons. The largest absolute Gasteiger partial charge is 0.445 e. The lowest BCUT2D eigenvalue weighted by Crippen LogP contribution is -2.49. The van der Waals surface area contributed by atoms with Gasteiger partial charge in [0.25, 0.3) is 0 Å². The Bertz CT molecular complexity index is 727. The van der Waals surface area contributed by atoms with Crippen molar-refractivity contribution >= 4 is 23.8 Å². The Hall–Kier alpha value is -3.70. The molecule has 0 saturated heterocycles. The first kappa shape index (κ1) is 24.3. The summed E-state index contributed by atoms with van der Waals surface area (Å²) in [5, 5.41) is 14.0. The number of amides is 4. The first-order valence-electron chi connectivity index (χ1n) is 9.29. The topological polar surface area (TPSA) is 190 Å². The van der Waals surface area contributed by atoms with Gasteiger partial charge in [0.1, 0.15) is 12.6 Å². The van der Waals surface area contributed by atoms with Crippen LogP contribution in [0.3, 0.4) is 0 Å². The Morgan fingerprint density at radius 1 is 1.10 bits per heavy atom. The molecule has 1 aromatic rings. The molecule has 12 nitrogen and oxygen atoms in total. The van der Waals surface area contributed by atoms with Gasteiger partial charge in [0, 0.05) is 13.0 Å². The highest BCUT2D eigenvalue weighted by molar-refractivity contribution is 5.89. The van der Waals surface area contributed by atoms with Crippen molar-refractivity contribution in [3.63, 3.8) is 0 Å². The first-order chi connectivity index (χ1) is 14.4. The molecule has 0 aliphatic carbocycles. The summed E-state index contributed by atoms with van der Waals surface area (Å²) < 4.78 is 5.08. The zero-order valence-electron chi connectivity index (χ0n) is 16.5. The summed E-state index contributed by atoms with van der Waals surface area (Å²) in [4.78, 5) is 47.1. The fourth-order valence-corrected chi connectivity index (χ4v) is 2.25.